The molecular formula is C14H16O. The lowest BCUT2D eigenvalue weighted by atomic mass is 9.97. The van der Waals surface area contributed by atoms with Crippen molar-refractivity contribution >= 4 is 11.9 Å². The number of allylic oxidation sites excluding steroid dienone is 2. The van der Waals surface area contributed by atoms with Gasteiger partial charge in [0.15, 0.2) is 0 Å². The summed E-state index contributed by atoms with van der Waals surface area (Å²) >= 11 is 0. The van der Waals surface area contributed by atoms with Crippen LogP contribution in [0.4, 0.5) is 0 Å². The Hall–Kier alpha value is -1.37. The molecule has 0 aromatic heterocycles. The van der Waals surface area contributed by atoms with E-state index in [2.05, 4.69) is 44.2 Å². The van der Waals surface area contributed by atoms with E-state index in [1.54, 1.807) is 0 Å². The van der Waals surface area contributed by atoms with E-state index < -0.39 is 0 Å². The fourth-order valence-corrected chi connectivity index (χ4v) is 2.10. The van der Waals surface area contributed by atoms with E-state index in [4.69, 9.17) is 0 Å². The molecule has 0 aliphatic heterocycles. The van der Waals surface area contributed by atoms with Crippen molar-refractivity contribution in [1.82, 2.24) is 0 Å². The van der Waals surface area contributed by atoms with E-state index in [1.165, 1.54) is 16.7 Å². The molecule has 78 valence electrons. The molecule has 0 fully saturated rings. The molecule has 0 bridgehead atoms. The maximum Gasteiger partial charge on any atom is 0.123 e. The molecule has 2 rings (SSSR count). The monoisotopic (exact) mass is 200 g/mol. The Morgan fingerprint density at radius 1 is 1.27 bits per heavy atom. The van der Waals surface area contributed by atoms with Gasteiger partial charge in [-0.05, 0) is 30.4 Å². The number of rotatable bonds is 2. The molecule has 15 heavy (non-hydrogen) atoms. The van der Waals surface area contributed by atoms with Crippen molar-refractivity contribution in [2.75, 3.05) is 0 Å². The first-order chi connectivity index (χ1) is 7.20. The highest BCUT2D eigenvalue weighted by atomic mass is 16.1. The fraction of sp³-hybridized carbons (Fsp3) is 0.357. The van der Waals surface area contributed by atoms with Gasteiger partial charge in [0, 0.05) is 5.92 Å². The number of aldehydes is 1. The smallest absolute Gasteiger partial charge is 0.123 e. The Bertz CT molecular complexity index is 386. The lowest BCUT2D eigenvalue weighted by Gasteiger charge is -2.05. The van der Waals surface area contributed by atoms with Crippen molar-refractivity contribution in [2.45, 2.75) is 20.3 Å². The van der Waals surface area contributed by atoms with Crippen LogP contribution in [-0.4, -0.2) is 6.29 Å². The van der Waals surface area contributed by atoms with Crippen LogP contribution in [0.25, 0.3) is 5.57 Å². The first-order valence-electron chi connectivity index (χ1n) is 5.43. The minimum Gasteiger partial charge on any atom is -0.303 e. The van der Waals surface area contributed by atoms with Crippen LogP contribution in [0.3, 0.4) is 0 Å². The van der Waals surface area contributed by atoms with Crippen LogP contribution in [0.1, 0.15) is 24.5 Å². The average Bonchev–Trinajstić information content (AvgIpc) is 2.61. The van der Waals surface area contributed by atoms with E-state index in [0.717, 1.165) is 12.7 Å². The number of hydrogen-bond donors (Lipinski definition) is 0. The zero-order valence-corrected chi connectivity index (χ0v) is 9.23. The predicted octanol–water partition coefficient (Wildman–Crippen LogP) is 3.23. The molecule has 0 heterocycles. The highest BCUT2D eigenvalue weighted by molar-refractivity contribution is 5.73. The molecule has 0 N–H and O–H groups in total. The number of hydrogen-bond acceptors (Lipinski definition) is 1. The molecule has 1 aliphatic rings. The van der Waals surface area contributed by atoms with Gasteiger partial charge in [-0.3, -0.25) is 0 Å². The summed E-state index contributed by atoms with van der Waals surface area (Å²) in [6.45, 7) is 4.20. The van der Waals surface area contributed by atoms with Crippen LogP contribution < -0.4 is 0 Å². The van der Waals surface area contributed by atoms with Crippen LogP contribution in [0, 0.1) is 18.8 Å². The second-order valence-electron chi connectivity index (χ2n) is 4.42. The Morgan fingerprint density at radius 3 is 2.47 bits per heavy atom. The van der Waals surface area contributed by atoms with Gasteiger partial charge in [-0.15, -0.1) is 0 Å². The van der Waals surface area contributed by atoms with E-state index in [1.807, 2.05) is 0 Å². The summed E-state index contributed by atoms with van der Waals surface area (Å²) in [4.78, 5) is 10.8. The Morgan fingerprint density at radius 2 is 1.93 bits per heavy atom. The minimum absolute atomic E-state index is 0.182. The zero-order valence-electron chi connectivity index (χ0n) is 9.23. The van der Waals surface area contributed by atoms with Gasteiger partial charge in [0.1, 0.15) is 6.29 Å². The summed E-state index contributed by atoms with van der Waals surface area (Å²) in [7, 11) is 0. The second-order valence-corrected chi connectivity index (χ2v) is 4.42. The van der Waals surface area contributed by atoms with Crippen LogP contribution in [0.5, 0.6) is 0 Å². The van der Waals surface area contributed by atoms with E-state index in [0.29, 0.717) is 5.92 Å². The minimum atomic E-state index is 0.182. The third-order valence-corrected chi connectivity index (χ3v) is 3.19. The average molecular weight is 200 g/mol. The van der Waals surface area contributed by atoms with Crippen molar-refractivity contribution in [3.05, 3.63) is 41.5 Å². The van der Waals surface area contributed by atoms with Gasteiger partial charge in [-0.25, -0.2) is 0 Å². The van der Waals surface area contributed by atoms with Gasteiger partial charge in [0.25, 0.3) is 0 Å². The Balaban J connectivity index is 2.23. The highest BCUT2D eigenvalue weighted by Crippen LogP contribution is 2.34. The van der Waals surface area contributed by atoms with E-state index in [-0.39, 0.29) is 5.92 Å². The van der Waals surface area contributed by atoms with Crippen molar-refractivity contribution in [1.29, 1.82) is 0 Å². The zero-order chi connectivity index (χ0) is 10.8. The molecular weight excluding hydrogens is 184 g/mol. The number of carbonyl (C=O) groups excluding carboxylic acids is 1. The summed E-state index contributed by atoms with van der Waals surface area (Å²) in [5, 5.41) is 0. The number of benzene rings is 1. The van der Waals surface area contributed by atoms with Gasteiger partial charge in [-0.1, -0.05) is 42.8 Å². The molecule has 0 spiro atoms. The quantitative estimate of drug-likeness (QED) is 0.670. The Kier molecular flexibility index (Phi) is 2.72. The van der Waals surface area contributed by atoms with Gasteiger partial charge < -0.3 is 4.79 Å². The highest BCUT2D eigenvalue weighted by Gasteiger charge is 2.23. The maximum absolute atomic E-state index is 10.8. The summed E-state index contributed by atoms with van der Waals surface area (Å²) in [5.41, 5.74) is 3.86. The van der Waals surface area contributed by atoms with Crippen LogP contribution >= 0.6 is 0 Å². The van der Waals surface area contributed by atoms with Crippen LogP contribution in [-0.2, 0) is 4.79 Å². The standard InChI is InChI=1S/C14H16O/c1-10-3-5-12(6-4-10)13-7-11(2)14(8-13)9-15/h3-7,9,11,14H,8H2,1-2H3/t11-,14-/m1/s1. The molecule has 1 aromatic rings. The van der Waals surface area contributed by atoms with Crippen LogP contribution in [0.15, 0.2) is 30.3 Å². The topological polar surface area (TPSA) is 17.1 Å². The molecule has 1 aliphatic carbocycles. The molecule has 0 amide bonds. The van der Waals surface area contributed by atoms with Crippen molar-refractivity contribution in [3.63, 3.8) is 0 Å². The molecule has 0 unspecified atom stereocenters. The number of carbonyl (C=O) groups is 1. The second kappa shape index (κ2) is 4.01. The third kappa shape index (κ3) is 2.01. The third-order valence-electron chi connectivity index (χ3n) is 3.19. The fourth-order valence-electron chi connectivity index (χ4n) is 2.10. The molecule has 0 radical (unpaired) electrons. The molecule has 0 saturated carbocycles. The van der Waals surface area contributed by atoms with E-state index >= 15 is 0 Å². The summed E-state index contributed by atoms with van der Waals surface area (Å²) in [6.07, 6.45) is 4.21. The summed E-state index contributed by atoms with van der Waals surface area (Å²) in [6, 6.07) is 8.52. The lowest BCUT2D eigenvalue weighted by Crippen LogP contribution is -2.04. The number of aryl methyl sites for hydroxylation is 1. The summed E-state index contributed by atoms with van der Waals surface area (Å²) in [5.74, 6) is 0.570. The SMILES string of the molecule is Cc1ccc(C2=C[C@@H](C)[C@@H](C=O)C2)cc1. The molecule has 1 aromatic carbocycles. The van der Waals surface area contributed by atoms with Gasteiger partial charge in [0.2, 0.25) is 0 Å². The lowest BCUT2D eigenvalue weighted by molar-refractivity contribution is -0.111. The van der Waals surface area contributed by atoms with Gasteiger partial charge in [0.05, 0.1) is 0 Å². The summed E-state index contributed by atoms with van der Waals surface area (Å²) < 4.78 is 0. The van der Waals surface area contributed by atoms with Crippen molar-refractivity contribution < 1.29 is 4.79 Å². The molecule has 2 atom stereocenters. The molecule has 0 saturated heterocycles. The first-order valence-corrected chi connectivity index (χ1v) is 5.43. The van der Waals surface area contributed by atoms with Crippen molar-refractivity contribution in [3.8, 4) is 0 Å². The normalized spacial score (nSPS) is 25.1. The van der Waals surface area contributed by atoms with E-state index in [9.17, 15) is 4.79 Å². The largest absolute Gasteiger partial charge is 0.303 e. The van der Waals surface area contributed by atoms with Crippen LogP contribution in [0.2, 0.25) is 0 Å². The molecule has 1 heteroatoms. The Labute approximate surface area is 90.8 Å². The van der Waals surface area contributed by atoms with Gasteiger partial charge >= 0.3 is 0 Å². The van der Waals surface area contributed by atoms with Gasteiger partial charge in [-0.2, -0.15) is 0 Å². The van der Waals surface area contributed by atoms with Crippen molar-refractivity contribution in [2.24, 2.45) is 11.8 Å². The maximum atomic E-state index is 10.8. The first kappa shape index (κ1) is 10.2. The molecule has 1 nitrogen and oxygen atoms in total. The predicted molar refractivity (Wildman–Crippen MR) is 62.5 cm³/mol.